The summed E-state index contributed by atoms with van der Waals surface area (Å²) in [5.74, 6) is -1.00. The third kappa shape index (κ3) is 3.49. The quantitative estimate of drug-likeness (QED) is 0.849. The van der Waals surface area contributed by atoms with Crippen molar-refractivity contribution in [1.29, 1.82) is 0 Å². The molecule has 2 rings (SSSR count). The van der Waals surface area contributed by atoms with Gasteiger partial charge in [-0.05, 0) is 30.3 Å². The zero-order chi connectivity index (χ0) is 15.4. The van der Waals surface area contributed by atoms with Crippen LogP contribution in [0.15, 0.2) is 36.5 Å². The third-order valence-electron chi connectivity index (χ3n) is 2.65. The number of amides is 1. The molecule has 0 saturated heterocycles. The van der Waals surface area contributed by atoms with Gasteiger partial charge in [-0.1, -0.05) is 11.6 Å². The maximum Gasteiger partial charge on any atom is 0.339 e. The van der Waals surface area contributed by atoms with E-state index in [2.05, 4.69) is 15.0 Å². The number of nitrogens with two attached hydrogens (primary N) is 1. The van der Waals surface area contributed by atoms with Crippen molar-refractivity contribution >= 4 is 34.9 Å². The fourth-order valence-electron chi connectivity index (χ4n) is 1.60. The fraction of sp³-hybridized carbons (Fsp3) is 0.0714. The Hall–Kier alpha value is -2.60. The zero-order valence-electron chi connectivity index (χ0n) is 11.1. The second-order valence-electron chi connectivity index (χ2n) is 4.12. The van der Waals surface area contributed by atoms with Gasteiger partial charge in [0.25, 0.3) is 5.91 Å². The summed E-state index contributed by atoms with van der Waals surface area (Å²) in [5, 5.41) is 2.86. The van der Waals surface area contributed by atoms with E-state index >= 15 is 0 Å². The lowest BCUT2D eigenvalue weighted by Gasteiger charge is -2.08. The number of anilines is 2. The van der Waals surface area contributed by atoms with Crippen molar-refractivity contribution in [3.05, 3.63) is 52.8 Å². The van der Waals surface area contributed by atoms with Crippen molar-refractivity contribution in [3.8, 4) is 0 Å². The molecular weight excluding hydrogens is 294 g/mol. The number of carbonyl (C=O) groups excluding carboxylic acids is 2. The van der Waals surface area contributed by atoms with Gasteiger partial charge in [0.15, 0.2) is 0 Å². The minimum Gasteiger partial charge on any atom is -0.465 e. The molecule has 108 valence electrons. The van der Waals surface area contributed by atoms with Crippen LogP contribution >= 0.6 is 11.6 Å². The number of nitrogens with one attached hydrogen (secondary N) is 1. The Labute approximate surface area is 125 Å². The largest absolute Gasteiger partial charge is 0.465 e. The molecule has 0 radical (unpaired) electrons. The fourth-order valence-corrected chi connectivity index (χ4v) is 1.80. The van der Waals surface area contributed by atoms with E-state index < -0.39 is 11.9 Å². The van der Waals surface area contributed by atoms with Gasteiger partial charge in [0, 0.05) is 5.69 Å². The first kappa shape index (κ1) is 14.8. The predicted octanol–water partition coefficient (Wildman–Crippen LogP) is 2.36. The van der Waals surface area contributed by atoms with Crippen LogP contribution in [0.25, 0.3) is 0 Å². The minimum atomic E-state index is -0.582. The lowest BCUT2D eigenvalue weighted by atomic mass is 10.2. The van der Waals surface area contributed by atoms with Crippen LogP contribution in [-0.4, -0.2) is 24.0 Å². The van der Waals surface area contributed by atoms with E-state index in [1.165, 1.54) is 31.5 Å². The number of halogens is 1. The molecule has 1 aromatic heterocycles. The molecule has 0 fully saturated rings. The van der Waals surface area contributed by atoms with Crippen molar-refractivity contribution < 1.29 is 14.3 Å². The molecule has 1 amide bonds. The molecule has 0 atom stereocenters. The highest BCUT2D eigenvalue weighted by molar-refractivity contribution is 6.33. The SMILES string of the molecule is COC(=O)c1cc(NC(=O)c2ccc(N)cn2)ccc1Cl. The molecule has 0 saturated carbocycles. The van der Waals surface area contributed by atoms with Crippen molar-refractivity contribution in [2.24, 2.45) is 0 Å². The number of benzene rings is 1. The van der Waals surface area contributed by atoms with Crippen LogP contribution in [0.4, 0.5) is 11.4 Å². The van der Waals surface area contributed by atoms with Gasteiger partial charge < -0.3 is 15.8 Å². The number of aromatic nitrogens is 1. The maximum atomic E-state index is 12.0. The molecule has 1 heterocycles. The van der Waals surface area contributed by atoms with Crippen molar-refractivity contribution in [2.75, 3.05) is 18.2 Å². The Morgan fingerprint density at radius 2 is 2.05 bits per heavy atom. The second-order valence-corrected chi connectivity index (χ2v) is 4.52. The average Bonchev–Trinajstić information content (AvgIpc) is 2.49. The van der Waals surface area contributed by atoms with E-state index in [1.54, 1.807) is 12.1 Å². The molecule has 3 N–H and O–H groups in total. The lowest BCUT2D eigenvalue weighted by Crippen LogP contribution is -2.14. The zero-order valence-corrected chi connectivity index (χ0v) is 11.8. The first-order valence-corrected chi connectivity index (χ1v) is 6.30. The number of rotatable bonds is 3. The van der Waals surface area contributed by atoms with Crippen molar-refractivity contribution in [3.63, 3.8) is 0 Å². The molecule has 2 aromatic rings. The van der Waals surface area contributed by atoms with Crippen LogP contribution in [0, 0.1) is 0 Å². The number of hydrogen-bond donors (Lipinski definition) is 2. The number of nitrogens with zero attached hydrogens (tertiary/aromatic N) is 1. The van der Waals surface area contributed by atoms with E-state index in [0.717, 1.165) is 0 Å². The molecule has 0 aliphatic carbocycles. The lowest BCUT2D eigenvalue weighted by molar-refractivity contribution is 0.0600. The monoisotopic (exact) mass is 305 g/mol. The van der Waals surface area contributed by atoms with Gasteiger partial charge in [-0.3, -0.25) is 4.79 Å². The first-order chi connectivity index (χ1) is 10.0. The summed E-state index contributed by atoms with van der Waals surface area (Å²) >= 11 is 5.90. The molecule has 0 aliphatic heterocycles. The Morgan fingerprint density at radius 3 is 2.67 bits per heavy atom. The van der Waals surface area contributed by atoms with Gasteiger partial charge >= 0.3 is 5.97 Å². The van der Waals surface area contributed by atoms with Crippen molar-refractivity contribution in [1.82, 2.24) is 4.98 Å². The first-order valence-electron chi connectivity index (χ1n) is 5.92. The Kier molecular flexibility index (Phi) is 4.39. The highest BCUT2D eigenvalue weighted by Gasteiger charge is 2.13. The maximum absolute atomic E-state index is 12.0. The van der Waals surface area contributed by atoms with Crippen LogP contribution in [0.2, 0.25) is 5.02 Å². The van der Waals surface area contributed by atoms with E-state index in [9.17, 15) is 9.59 Å². The highest BCUT2D eigenvalue weighted by Crippen LogP contribution is 2.21. The number of pyridine rings is 1. The second kappa shape index (κ2) is 6.23. The van der Waals surface area contributed by atoms with Gasteiger partial charge in [-0.25, -0.2) is 9.78 Å². The summed E-state index contributed by atoms with van der Waals surface area (Å²) in [6.07, 6.45) is 1.39. The Bertz CT molecular complexity index is 686. The number of esters is 1. The average molecular weight is 306 g/mol. The van der Waals surface area contributed by atoms with Gasteiger partial charge in [-0.15, -0.1) is 0 Å². The van der Waals surface area contributed by atoms with Gasteiger partial charge in [0.1, 0.15) is 5.69 Å². The summed E-state index contributed by atoms with van der Waals surface area (Å²) in [7, 11) is 1.25. The standard InChI is InChI=1S/C14H12ClN3O3/c1-21-14(20)10-6-9(3-4-11(10)15)18-13(19)12-5-2-8(16)7-17-12/h2-7H,16H2,1H3,(H,18,19). The smallest absolute Gasteiger partial charge is 0.339 e. The summed E-state index contributed by atoms with van der Waals surface area (Å²) in [4.78, 5) is 27.4. The van der Waals surface area contributed by atoms with Crippen LogP contribution < -0.4 is 11.1 Å². The number of methoxy groups -OCH3 is 1. The van der Waals surface area contributed by atoms with E-state index in [4.69, 9.17) is 17.3 Å². The number of carbonyl (C=O) groups is 2. The summed E-state index contributed by atoms with van der Waals surface area (Å²) in [6.45, 7) is 0. The van der Waals surface area contributed by atoms with Crippen LogP contribution in [0.3, 0.4) is 0 Å². The number of ether oxygens (including phenoxy) is 1. The molecule has 21 heavy (non-hydrogen) atoms. The van der Waals surface area contributed by atoms with E-state index in [1.807, 2.05) is 0 Å². The topological polar surface area (TPSA) is 94.3 Å². The molecule has 7 heteroatoms. The van der Waals surface area contributed by atoms with Gasteiger partial charge in [0.05, 0.1) is 29.6 Å². The Balaban J connectivity index is 2.21. The number of nitrogen functional groups attached to an aromatic ring is 1. The van der Waals surface area contributed by atoms with Gasteiger partial charge in [0.2, 0.25) is 0 Å². The summed E-state index contributed by atoms with van der Waals surface area (Å²) in [6, 6.07) is 7.58. The molecule has 0 bridgehead atoms. The molecule has 6 nitrogen and oxygen atoms in total. The van der Waals surface area contributed by atoms with Crippen LogP contribution in [0.5, 0.6) is 0 Å². The molecule has 0 unspecified atom stereocenters. The predicted molar refractivity (Wildman–Crippen MR) is 79.4 cm³/mol. The highest BCUT2D eigenvalue weighted by atomic mass is 35.5. The molecular formula is C14H12ClN3O3. The molecule has 0 aliphatic rings. The van der Waals surface area contributed by atoms with E-state index in [-0.39, 0.29) is 16.3 Å². The van der Waals surface area contributed by atoms with Crippen LogP contribution in [0.1, 0.15) is 20.8 Å². The normalized spacial score (nSPS) is 10.0. The molecule has 0 spiro atoms. The van der Waals surface area contributed by atoms with Crippen molar-refractivity contribution in [2.45, 2.75) is 0 Å². The summed E-state index contributed by atoms with van der Waals surface area (Å²) in [5.41, 5.74) is 6.75. The van der Waals surface area contributed by atoms with E-state index in [0.29, 0.717) is 11.4 Å². The van der Waals surface area contributed by atoms with Crippen LogP contribution in [-0.2, 0) is 4.74 Å². The van der Waals surface area contributed by atoms with Gasteiger partial charge in [-0.2, -0.15) is 0 Å². The summed E-state index contributed by atoms with van der Waals surface area (Å²) < 4.78 is 4.61. The molecule has 1 aromatic carbocycles. The third-order valence-corrected chi connectivity index (χ3v) is 2.98. The Morgan fingerprint density at radius 1 is 1.29 bits per heavy atom. The number of hydrogen-bond acceptors (Lipinski definition) is 5. The minimum absolute atomic E-state index is 0.169.